The topological polar surface area (TPSA) is 101 Å². The molecule has 0 atom stereocenters. The van der Waals surface area contributed by atoms with E-state index in [1.54, 1.807) is 0 Å². The third kappa shape index (κ3) is 4.39. The van der Waals surface area contributed by atoms with Gasteiger partial charge in [-0.2, -0.15) is 0 Å². The van der Waals surface area contributed by atoms with Crippen LogP contribution in [0, 0.1) is 5.92 Å². The SMILES string of the molecule is CC(C)Cc1nc(NC2CCC(O)CC2)ncc1C(N)=O. The highest BCUT2D eigenvalue weighted by Crippen LogP contribution is 2.21. The molecule has 0 spiro atoms. The summed E-state index contributed by atoms with van der Waals surface area (Å²) >= 11 is 0. The number of amides is 1. The minimum Gasteiger partial charge on any atom is -0.393 e. The van der Waals surface area contributed by atoms with E-state index < -0.39 is 5.91 Å². The summed E-state index contributed by atoms with van der Waals surface area (Å²) in [4.78, 5) is 20.1. The number of hydrogen-bond acceptors (Lipinski definition) is 5. The lowest BCUT2D eigenvalue weighted by Crippen LogP contribution is -2.29. The summed E-state index contributed by atoms with van der Waals surface area (Å²) in [6, 6.07) is 0.278. The van der Waals surface area contributed by atoms with Crippen LogP contribution in [0.15, 0.2) is 6.20 Å². The molecule has 0 unspecified atom stereocenters. The zero-order chi connectivity index (χ0) is 15.4. The fourth-order valence-electron chi connectivity index (χ4n) is 2.64. The zero-order valence-corrected chi connectivity index (χ0v) is 12.7. The van der Waals surface area contributed by atoms with E-state index in [0.717, 1.165) is 25.7 Å². The zero-order valence-electron chi connectivity index (χ0n) is 12.7. The summed E-state index contributed by atoms with van der Waals surface area (Å²) in [5.41, 5.74) is 6.47. The van der Waals surface area contributed by atoms with Crippen LogP contribution in [-0.2, 0) is 6.42 Å². The quantitative estimate of drug-likeness (QED) is 0.763. The van der Waals surface area contributed by atoms with E-state index in [2.05, 4.69) is 29.1 Å². The van der Waals surface area contributed by atoms with Gasteiger partial charge in [-0.15, -0.1) is 0 Å². The first kappa shape index (κ1) is 15.7. The lowest BCUT2D eigenvalue weighted by molar-refractivity contribution is 0.0998. The van der Waals surface area contributed by atoms with Crippen LogP contribution in [0.5, 0.6) is 0 Å². The molecule has 2 rings (SSSR count). The minimum atomic E-state index is -0.488. The number of aliphatic hydroxyl groups excluding tert-OH is 1. The first-order chi connectivity index (χ1) is 9.95. The van der Waals surface area contributed by atoms with Crippen molar-refractivity contribution < 1.29 is 9.90 Å². The second-order valence-electron chi connectivity index (χ2n) is 6.17. The number of hydrogen-bond donors (Lipinski definition) is 3. The van der Waals surface area contributed by atoms with Gasteiger partial charge in [0, 0.05) is 12.2 Å². The molecule has 4 N–H and O–H groups in total. The Kier molecular flexibility index (Phi) is 5.12. The summed E-state index contributed by atoms with van der Waals surface area (Å²) in [5.74, 6) is 0.436. The maximum Gasteiger partial charge on any atom is 0.252 e. The molecule has 1 heterocycles. The Hall–Kier alpha value is -1.69. The van der Waals surface area contributed by atoms with Gasteiger partial charge >= 0.3 is 0 Å². The molecule has 1 aromatic rings. The van der Waals surface area contributed by atoms with Crippen molar-refractivity contribution in [2.24, 2.45) is 11.7 Å². The van der Waals surface area contributed by atoms with Crippen LogP contribution >= 0.6 is 0 Å². The highest BCUT2D eigenvalue weighted by Gasteiger charge is 2.20. The first-order valence-electron chi connectivity index (χ1n) is 7.56. The molecule has 1 amide bonds. The van der Waals surface area contributed by atoms with E-state index >= 15 is 0 Å². The van der Waals surface area contributed by atoms with E-state index in [9.17, 15) is 9.90 Å². The third-order valence-corrected chi connectivity index (χ3v) is 3.76. The number of aromatic nitrogens is 2. The van der Waals surface area contributed by atoms with Gasteiger partial charge in [0.05, 0.1) is 17.4 Å². The van der Waals surface area contributed by atoms with Gasteiger partial charge in [0.25, 0.3) is 5.91 Å². The Balaban J connectivity index is 2.11. The average Bonchev–Trinajstić information content (AvgIpc) is 2.40. The highest BCUT2D eigenvalue weighted by molar-refractivity contribution is 5.93. The predicted molar refractivity (Wildman–Crippen MR) is 81.0 cm³/mol. The molecular formula is C15H24N4O2. The molecule has 6 nitrogen and oxygen atoms in total. The maximum absolute atomic E-state index is 11.4. The number of nitrogens with two attached hydrogens (primary N) is 1. The Labute approximate surface area is 125 Å². The molecule has 1 aliphatic carbocycles. The highest BCUT2D eigenvalue weighted by atomic mass is 16.3. The molecule has 0 saturated heterocycles. The van der Waals surface area contributed by atoms with Crippen molar-refractivity contribution in [2.75, 3.05) is 5.32 Å². The van der Waals surface area contributed by atoms with Gasteiger partial charge in [-0.25, -0.2) is 9.97 Å². The number of aliphatic hydroxyl groups is 1. The second-order valence-corrected chi connectivity index (χ2v) is 6.17. The lowest BCUT2D eigenvalue weighted by atomic mass is 9.93. The molecule has 6 heteroatoms. The number of anilines is 1. The minimum absolute atomic E-state index is 0.183. The Morgan fingerprint density at radius 2 is 2.10 bits per heavy atom. The fraction of sp³-hybridized carbons (Fsp3) is 0.667. The monoisotopic (exact) mass is 292 g/mol. The summed E-state index contributed by atoms with van der Waals surface area (Å²) < 4.78 is 0. The van der Waals surface area contributed by atoms with Gasteiger partial charge in [0.15, 0.2) is 0 Å². The molecule has 0 aliphatic heterocycles. The van der Waals surface area contributed by atoms with Gasteiger partial charge < -0.3 is 16.2 Å². The predicted octanol–water partition coefficient (Wildman–Crippen LogP) is 1.49. The molecule has 116 valence electrons. The van der Waals surface area contributed by atoms with E-state index in [1.165, 1.54) is 6.20 Å². The van der Waals surface area contributed by atoms with Crippen LogP contribution in [0.25, 0.3) is 0 Å². The van der Waals surface area contributed by atoms with E-state index in [0.29, 0.717) is 29.5 Å². The Morgan fingerprint density at radius 3 is 2.67 bits per heavy atom. The van der Waals surface area contributed by atoms with Crippen LogP contribution in [0.1, 0.15) is 55.6 Å². The number of rotatable bonds is 5. The summed E-state index contributed by atoms with van der Waals surface area (Å²) in [6.45, 7) is 4.14. The summed E-state index contributed by atoms with van der Waals surface area (Å²) in [6.07, 6.45) is 5.43. The molecule has 0 bridgehead atoms. The molecule has 0 radical (unpaired) electrons. The van der Waals surface area contributed by atoms with Gasteiger partial charge in [-0.05, 0) is 38.0 Å². The van der Waals surface area contributed by atoms with Gasteiger partial charge in [-0.3, -0.25) is 4.79 Å². The lowest BCUT2D eigenvalue weighted by Gasteiger charge is -2.26. The second kappa shape index (κ2) is 6.85. The van der Waals surface area contributed by atoms with Crippen molar-refractivity contribution in [2.45, 2.75) is 58.1 Å². The van der Waals surface area contributed by atoms with Crippen molar-refractivity contribution in [1.29, 1.82) is 0 Å². The number of primary amides is 1. The molecule has 1 aromatic heterocycles. The van der Waals surface area contributed by atoms with Crippen molar-refractivity contribution in [3.05, 3.63) is 17.5 Å². The van der Waals surface area contributed by atoms with Crippen LogP contribution < -0.4 is 11.1 Å². The van der Waals surface area contributed by atoms with Crippen LogP contribution in [0.3, 0.4) is 0 Å². The van der Waals surface area contributed by atoms with Crippen molar-refractivity contribution in [3.63, 3.8) is 0 Å². The molecule has 21 heavy (non-hydrogen) atoms. The largest absolute Gasteiger partial charge is 0.393 e. The Bertz CT molecular complexity index is 496. The van der Waals surface area contributed by atoms with Crippen LogP contribution in [-0.4, -0.2) is 33.1 Å². The van der Waals surface area contributed by atoms with Crippen molar-refractivity contribution in [1.82, 2.24) is 9.97 Å². The average molecular weight is 292 g/mol. The van der Waals surface area contributed by atoms with Crippen molar-refractivity contribution >= 4 is 11.9 Å². The van der Waals surface area contributed by atoms with Gasteiger partial charge in [0.2, 0.25) is 5.95 Å². The summed E-state index contributed by atoms with van der Waals surface area (Å²) in [5, 5.41) is 12.8. The summed E-state index contributed by atoms with van der Waals surface area (Å²) in [7, 11) is 0. The van der Waals surface area contributed by atoms with Gasteiger partial charge in [0.1, 0.15) is 0 Å². The molecule has 1 saturated carbocycles. The normalized spacial score (nSPS) is 22.3. The maximum atomic E-state index is 11.4. The number of nitrogens with one attached hydrogen (secondary N) is 1. The molecule has 0 aromatic carbocycles. The third-order valence-electron chi connectivity index (χ3n) is 3.76. The number of carbonyl (C=O) groups is 1. The smallest absolute Gasteiger partial charge is 0.252 e. The number of nitrogens with zero attached hydrogens (tertiary/aromatic N) is 2. The van der Waals surface area contributed by atoms with E-state index in [1.807, 2.05) is 0 Å². The number of carbonyl (C=O) groups excluding carboxylic acids is 1. The molecule has 1 fully saturated rings. The van der Waals surface area contributed by atoms with E-state index in [-0.39, 0.29) is 12.1 Å². The first-order valence-corrected chi connectivity index (χ1v) is 7.56. The van der Waals surface area contributed by atoms with Crippen LogP contribution in [0.2, 0.25) is 0 Å². The van der Waals surface area contributed by atoms with E-state index in [4.69, 9.17) is 5.73 Å². The molecular weight excluding hydrogens is 268 g/mol. The molecule has 1 aliphatic rings. The van der Waals surface area contributed by atoms with Gasteiger partial charge in [-0.1, -0.05) is 13.8 Å². The van der Waals surface area contributed by atoms with Crippen molar-refractivity contribution in [3.8, 4) is 0 Å². The fourth-order valence-corrected chi connectivity index (χ4v) is 2.64. The standard InChI is InChI=1S/C15H24N4O2/c1-9(2)7-13-12(14(16)21)8-17-15(19-13)18-10-3-5-11(20)6-4-10/h8-11,20H,3-7H2,1-2H3,(H2,16,21)(H,17,18,19). The van der Waals surface area contributed by atoms with Crippen LogP contribution in [0.4, 0.5) is 5.95 Å². The Morgan fingerprint density at radius 1 is 1.43 bits per heavy atom.